The minimum Gasteiger partial charge on any atom is -0.491 e. The second kappa shape index (κ2) is 9.95. The number of rotatable bonds is 8. The Labute approximate surface area is 177 Å². The minimum absolute atomic E-state index is 0.166. The molecule has 0 spiro atoms. The lowest BCUT2D eigenvalue weighted by Crippen LogP contribution is -2.25. The molecular formula is C27H26O3. The van der Waals surface area contributed by atoms with Gasteiger partial charge in [-0.2, -0.15) is 0 Å². The van der Waals surface area contributed by atoms with Crippen LogP contribution in [0.1, 0.15) is 18.4 Å². The number of aliphatic hydroxyl groups is 1. The van der Waals surface area contributed by atoms with Crippen molar-refractivity contribution in [1.29, 1.82) is 0 Å². The van der Waals surface area contributed by atoms with Crippen molar-refractivity contribution in [3.8, 4) is 22.6 Å². The van der Waals surface area contributed by atoms with Crippen molar-refractivity contribution in [2.45, 2.75) is 18.9 Å². The van der Waals surface area contributed by atoms with Gasteiger partial charge in [-0.15, -0.1) is 0 Å². The molecule has 0 aromatic heterocycles. The van der Waals surface area contributed by atoms with Crippen molar-refractivity contribution in [3.63, 3.8) is 0 Å². The molecule has 152 valence electrons. The lowest BCUT2D eigenvalue weighted by molar-refractivity contribution is 0.0628. The number of hydrogen-bond acceptors (Lipinski definition) is 3. The van der Waals surface area contributed by atoms with E-state index in [4.69, 9.17) is 9.47 Å². The molecule has 0 saturated carbocycles. The van der Waals surface area contributed by atoms with Crippen molar-refractivity contribution < 1.29 is 14.6 Å². The molecule has 0 fully saturated rings. The lowest BCUT2D eigenvalue weighted by Gasteiger charge is -2.16. The van der Waals surface area contributed by atoms with E-state index in [0.29, 0.717) is 0 Å². The van der Waals surface area contributed by atoms with E-state index in [9.17, 15) is 5.11 Å². The first-order valence-electron chi connectivity index (χ1n) is 10.3. The summed E-state index contributed by atoms with van der Waals surface area (Å²) < 4.78 is 11.6. The van der Waals surface area contributed by atoms with Gasteiger partial charge in [0.1, 0.15) is 30.8 Å². The third-order valence-corrected chi connectivity index (χ3v) is 5.03. The van der Waals surface area contributed by atoms with Crippen molar-refractivity contribution in [3.05, 3.63) is 103 Å². The van der Waals surface area contributed by atoms with Gasteiger partial charge in [0.25, 0.3) is 0 Å². The number of ether oxygens (including phenoxy) is 2. The van der Waals surface area contributed by atoms with Crippen LogP contribution in [-0.2, 0) is 0 Å². The van der Waals surface area contributed by atoms with Gasteiger partial charge in [-0.1, -0.05) is 78.9 Å². The van der Waals surface area contributed by atoms with Crippen LogP contribution >= 0.6 is 0 Å². The zero-order chi connectivity index (χ0) is 20.6. The van der Waals surface area contributed by atoms with E-state index in [1.807, 2.05) is 66.7 Å². The van der Waals surface area contributed by atoms with Crippen LogP contribution in [0.25, 0.3) is 16.7 Å². The van der Waals surface area contributed by atoms with E-state index < -0.39 is 6.10 Å². The van der Waals surface area contributed by atoms with Gasteiger partial charge in [0.05, 0.1) is 0 Å². The molecule has 0 saturated heterocycles. The van der Waals surface area contributed by atoms with Gasteiger partial charge < -0.3 is 14.6 Å². The molecule has 0 bridgehead atoms. The van der Waals surface area contributed by atoms with Crippen LogP contribution in [0.5, 0.6) is 11.5 Å². The molecule has 4 rings (SSSR count). The molecule has 3 nitrogen and oxygen atoms in total. The monoisotopic (exact) mass is 398 g/mol. The SMILES string of the molecule is OC(COc1ccc(C2=CCCC=C2)cc1)COc1ccccc1-c1ccccc1. The summed E-state index contributed by atoms with van der Waals surface area (Å²) in [6.07, 6.45) is 8.09. The van der Waals surface area contributed by atoms with Crippen LogP contribution in [0.15, 0.2) is 97.1 Å². The molecule has 1 N–H and O–H groups in total. The molecule has 30 heavy (non-hydrogen) atoms. The lowest BCUT2D eigenvalue weighted by atomic mass is 10.00. The van der Waals surface area contributed by atoms with Gasteiger partial charge in [-0.25, -0.2) is 0 Å². The largest absolute Gasteiger partial charge is 0.491 e. The van der Waals surface area contributed by atoms with E-state index in [2.05, 4.69) is 30.4 Å². The first kappa shape index (κ1) is 20.0. The zero-order valence-electron chi connectivity index (χ0n) is 16.9. The van der Waals surface area contributed by atoms with Crippen molar-refractivity contribution in [2.24, 2.45) is 0 Å². The molecule has 1 unspecified atom stereocenters. The molecule has 1 aliphatic rings. The van der Waals surface area contributed by atoms with E-state index >= 15 is 0 Å². The van der Waals surface area contributed by atoms with Crippen molar-refractivity contribution in [2.75, 3.05) is 13.2 Å². The number of allylic oxidation sites excluding steroid dienone is 4. The van der Waals surface area contributed by atoms with E-state index in [-0.39, 0.29) is 13.2 Å². The first-order chi connectivity index (χ1) is 14.8. The molecule has 0 amide bonds. The second-order valence-corrected chi connectivity index (χ2v) is 7.30. The summed E-state index contributed by atoms with van der Waals surface area (Å²) in [5, 5.41) is 10.3. The standard InChI is InChI=1S/C27H26O3/c28-24(19-29-25-17-15-22(16-18-25)21-9-3-1-4-10-21)20-30-27-14-8-7-13-26(27)23-11-5-2-6-12-23/h2-3,5-18,24,28H,1,4,19-20H2. The van der Waals surface area contributed by atoms with Crippen LogP contribution in [0.4, 0.5) is 0 Å². The fraction of sp³-hybridized carbons (Fsp3) is 0.185. The van der Waals surface area contributed by atoms with Gasteiger partial charge in [0.2, 0.25) is 0 Å². The maximum atomic E-state index is 10.3. The summed E-state index contributed by atoms with van der Waals surface area (Å²) in [4.78, 5) is 0. The summed E-state index contributed by atoms with van der Waals surface area (Å²) in [7, 11) is 0. The zero-order valence-corrected chi connectivity index (χ0v) is 16.9. The maximum absolute atomic E-state index is 10.3. The van der Waals surface area contributed by atoms with Crippen LogP contribution < -0.4 is 9.47 Å². The molecule has 0 radical (unpaired) electrons. The summed E-state index contributed by atoms with van der Waals surface area (Å²) in [5.74, 6) is 1.49. The van der Waals surface area contributed by atoms with Crippen LogP contribution in [0, 0.1) is 0 Å². The third-order valence-electron chi connectivity index (χ3n) is 5.03. The third kappa shape index (κ3) is 5.19. The molecule has 0 heterocycles. The molecular weight excluding hydrogens is 372 g/mol. The predicted octanol–water partition coefficient (Wildman–Crippen LogP) is 5.91. The van der Waals surface area contributed by atoms with Crippen LogP contribution in [-0.4, -0.2) is 24.4 Å². The normalized spacial score (nSPS) is 14.1. The quantitative estimate of drug-likeness (QED) is 0.513. The Hall–Kier alpha value is -3.30. The first-order valence-corrected chi connectivity index (χ1v) is 10.3. The maximum Gasteiger partial charge on any atom is 0.127 e. The highest BCUT2D eigenvalue weighted by Gasteiger charge is 2.10. The second-order valence-electron chi connectivity index (χ2n) is 7.30. The van der Waals surface area contributed by atoms with Gasteiger partial charge >= 0.3 is 0 Å². The van der Waals surface area contributed by atoms with Crippen molar-refractivity contribution in [1.82, 2.24) is 0 Å². The molecule has 3 aromatic rings. The van der Waals surface area contributed by atoms with E-state index in [1.165, 1.54) is 11.1 Å². The number of para-hydroxylation sites is 1. The fourth-order valence-electron chi connectivity index (χ4n) is 3.45. The Kier molecular flexibility index (Phi) is 6.63. The van der Waals surface area contributed by atoms with Gasteiger partial charge in [-0.3, -0.25) is 0 Å². The Morgan fingerprint density at radius 2 is 1.47 bits per heavy atom. The molecule has 1 aliphatic carbocycles. The molecule has 3 heteroatoms. The molecule has 0 aliphatic heterocycles. The van der Waals surface area contributed by atoms with Gasteiger partial charge in [0, 0.05) is 5.56 Å². The number of benzene rings is 3. The summed E-state index contributed by atoms with van der Waals surface area (Å²) >= 11 is 0. The molecule has 3 aromatic carbocycles. The number of aliphatic hydroxyl groups excluding tert-OH is 1. The van der Waals surface area contributed by atoms with Crippen LogP contribution in [0.3, 0.4) is 0 Å². The Balaban J connectivity index is 1.30. The Bertz CT molecular complexity index is 1000. The highest BCUT2D eigenvalue weighted by molar-refractivity contribution is 5.75. The summed E-state index contributed by atoms with van der Waals surface area (Å²) in [6.45, 7) is 0.342. The average Bonchev–Trinajstić information content (AvgIpc) is 2.83. The predicted molar refractivity (Wildman–Crippen MR) is 122 cm³/mol. The Morgan fingerprint density at radius 3 is 2.23 bits per heavy atom. The topological polar surface area (TPSA) is 38.7 Å². The Morgan fingerprint density at radius 1 is 0.733 bits per heavy atom. The molecule has 1 atom stereocenters. The number of hydrogen-bond donors (Lipinski definition) is 1. The van der Waals surface area contributed by atoms with Gasteiger partial charge in [-0.05, 0) is 47.7 Å². The summed E-state index contributed by atoms with van der Waals surface area (Å²) in [6, 6.07) is 25.9. The highest BCUT2D eigenvalue weighted by atomic mass is 16.5. The van der Waals surface area contributed by atoms with Gasteiger partial charge in [0.15, 0.2) is 0 Å². The smallest absolute Gasteiger partial charge is 0.127 e. The highest BCUT2D eigenvalue weighted by Crippen LogP contribution is 2.29. The van der Waals surface area contributed by atoms with E-state index in [1.54, 1.807) is 0 Å². The fourth-order valence-corrected chi connectivity index (χ4v) is 3.45. The van der Waals surface area contributed by atoms with Crippen LogP contribution in [0.2, 0.25) is 0 Å². The minimum atomic E-state index is -0.725. The average molecular weight is 399 g/mol. The van der Waals surface area contributed by atoms with Crippen molar-refractivity contribution >= 4 is 5.57 Å². The summed E-state index contributed by atoms with van der Waals surface area (Å²) in [5.41, 5.74) is 4.52. The van der Waals surface area contributed by atoms with E-state index in [0.717, 1.165) is 35.5 Å².